The van der Waals surface area contributed by atoms with Gasteiger partial charge in [-0.2, -0.15) is 0 Å². The first-order valence-electron chi connectivity index (χ1n) is 21.4. The minimum Gasteiger partial charge on any atom is -0.399 e. The molecule has 0 saturated carbocycles. The molecular weight excluding hydrogens is 922 g/mol. The summed E-state index contributed by atoms with van der Waals surface area (Å²) >= 11 is 6.84. The monoisotopic (exact) mass is 967 g/mol. The lowest BCUT2D eigenvalue weighted by atomic mass is 10.0. The van der Waals surface area contributed by atoms with Crippen LogP contribution in [0.1, 0.15) is 0 Å². The lowest BCUT2D eigenvalue weighted by Crippen LogP contribution is -1.91. The van der Waals surface area contributed by atoms with Crippen LogP contribution >= 0.6 is 31.9 Å². The van der Waals surface area contributed by atoms with E-state index in [4.69, 9.17) is 5.73 Å². The molecular formula is C60H47Br2N3. The Morgan fingerprint density at radius 2 is 0.400 bits per heavy atom. The van der Waals surface area contributed by atoms with Gasteiger partial charge >= 0.3 is 0 Å². The van der Waals surface area contributed by atoms with Crippen molar-refractivity contribution in [3.05, 3.63) is 270 Å². The zero-order valence-corrected chi connectivity index (χ0v) is 38.8. The topological polar surface area (TPSA) is 50.1 Å². The van der Waals surface area contributed by atoms with Crippen LogP contribution in [-0.4, -0.2) is 0 Å². The fourth-order valence-electron chi connectivity index (χ4n) is 7.17. The molecule has 0 saturated heterocycles. The van der Waals surface area contributed by atoms with E-state index < -0.39 is 0 Å². The number of anilines is 5. The van der Waals surface area contributed by atoms with Gasteiger partial charge < -0.3 is 16.4 Å². The van der Waals surface area contributed by atoms with Gasteiger partial charge in [-0.15, -0.1) is 0 Å². The molecule has 0 aromatic heterocycles. The molecule has 0 unspecified atom stereocenters. The first kappa shape index (κ1) is 44.2. The Labute approximate surface area is 399 Å². The van der Waals surface area contributed by atoms with Gasteiger partial charge in [-0.1, -0.05) is 208 Å². The molecule has 65 heavy (non-hydrogen) atoms. The van der Waals surface area contributed by atoms with Crippen LogP contribution in [0.4, 0.5) is 28.4 Å². The van der Waals surface area contributed by atoms with Crippen LogP contribution < -0.4 is 16.4 Å². The second-order valence-corrected chi connectivity index (χ2v) is 17.1. The van der Waals surface area contributed by atoms with E-state index >= 15 is 0 Å². The first-order chi connectivity index (χ1) is 31.9. The van der Waals surface area contributed by atoms with E-state index in [9.17, 15) is 0 Å². The van der Waals surface area contributed by atoms with Gasteiger partial charge in [-0.3, -0.25) is 0 Å². The molecule has 10 aromatic carbocycles. The van der Waals surface area contributed by atoms with Crippen molar-refractivity contribution in [3.8, 4) is 55.6 Å². The van der Waals surface area contributed by atoms with Crippen molar-refractivity contribution >= 4 is 60.3 Å². The van der Waals surface area contributed by atoms with Gasteiger partial charge in [0.2, 0.25) is 0 Å². The number of nitrogens with two attached hydrogens (primary N) is 1. The molecule has 0 aliphatic carbocycles. The van der Waals surface area contributed by atoms with E-state index in [-0.39, 0.29) is 0 Å². The number of hydrogen-bond acceptors (Lipinski definition) is 3. The number of rotatable bonds is 9. The van der Waals surface area contributed by atoms with Crippen molar-refractivity contribution in [2.45, 2.75) is 0 Å². The molecule has 0 aliphatic heterocycles. The third-order valence-corrected chi connectivity index (χ3v) is 11.8. The van der Waals surface area contributed by atoms with Crippen molar-refractivity contribution in [2.24, 2.45) is 0 Å². The van der Waals surface area contributed by atoms with Gasteiger partial charge in [0, 0.05) is 37.4 Å². The highest BCUT2D eigenvalue weighted by molar-refractivity contribution is 9.10. The summed E-state index contributed by atoms with van der Waals surface area (Å²) < 4.78 is 2.22. The Hall–Kier alpha value is -7.44. The third-order valence-electron chi connectivity index (χ3n) is 10.7. The third kappa shape index (κ3) is 12.8. The standard InChI is InChI=1S/C36H28N2.C12H8Br2.C12H11N/c1-3-7-27(8-4-1)29-11-19-33(20-12-29)37-35-23-15-31(16-24-35)32-17-25-36(26-18-32)38-34-21-13-30(14-22-34)28-9-5-2-6-10-28;13-11-5-1-9(2-6-11)10-3-7-12(14)8-4-10;13-12-8-6-11(7-9-12)10-4-2-1-3-5-10/h1-26,37-38H;1-8H;1-9H,13H2. The van der Waals surface area contributed by atoms with E-state index in [1.807, 2.05) is 54.6 Å². The van der Waals surface area contributed by atoms with Crippen molar-refractivity contribution in [1.29, 1.82) is 0 Å². The molecule has 0 bridgehead atoms. The Morgan fingerprint density at radius 1 is 0.215 bits per heavy atom. The summed E-state index contributed by atoms with van der Waals surface area (Å²) in [5, 5.41) is 7.00. The van der Waals surface area contributed by atoms with Gasteiger partial charge in [0.15, 0.2) is 0 Å². The van der Waals surface area contributed by atoms with Gasteiger partial charge in [0.05, 0.1) is 0 Å². The van der Waals surface area contributed by atoms with Crippen molar-refractivity contribution in [3.63, 3.8) is 0 Å². The molecule has 0 radical (unpaired) electrons. The van der Waals surface area contributed by atoms with E-state index in [1.54, 1.807) is 0 Å². The number of nitrogens with one attached hydrogen (secondary N) is 2. The molecule has 0 spiro atoms. The first-order valence-corrected chi connectivity index (χ1v) is 23.0. The van der Waals surface area contributed by atoms with Crippen molar-refractivity contribution < 1.29 is 0 Å². The fraction of sp³-hybridized carbons (Fsp3) is 0. The second-order valence-electron chi connectivity index (χ2n) is 15.3. The highest BCUT2D eigenvalue weighted by atomic mass is 79.9. The smallest absolute Gasteiger partial charge is 0.0384 e. The SMILES string of the molecule is Brc1ccc(-c2ccc(Br)cc2)cc1.Nc1ccc(-c2ccccc2)cc1.c1ccc(-c2ccc(Nc3ccc(-c4ccc(Nc5ccc(-c6ccccc6)cc5)cc4)cc3)cc2)cc1. The lowest BCUT2D eigenvalue weighted by molar-refractivity contribution is 1.52. The molecule has 10 rings (SSSR count). The molecule has 0 atom stereocenters. The predicted octanol–water partition coefficient (Wildman–Crippen LogP) is 18.0. The maximum absolute atomic E-state index is 5.60. The molecule has 10 aromatic rings. The molecule has 3 nitrogen and oxygen atoms in total. The van der Waals surface area contributed by atoms with Crippen LogP contribution in [0.15, 0.2) is 270 Å². The van der Waals surface area contributed by atoms with Crippen LogP contribution in [0.5, 0.6) is 0 Å². The summed E-state index contributed by atoms with van der Waals surface area (Å²) in [6, 6.07) is 89.9. The summed E-state index contributed by atoms with van der Waals surface area (Å²) in [7, 11) is 0. The van der Waals surface area contributed by atoms with Gasteiger partial charge in [-0.25, -0.2) is 0 Å². The van der Waals surface area contributed by atoms with E-state index in [0.29, 0.717) is 0 Å². The minimum absolute atomic E-state index is 0.805. The maximum Gasteiger partial charge on any atom is 0.0384 e. The summed E-state index contributed by atoms with van der Waals surface area (Å²) in [5.74, 6) is 0. The van der Waals surface area contributed by atoms with Crippen LogP contribution in [0.2, 0.25) is 0 Å². The largest absolute Gasteiger partial charge is 0.399 e. The van der Waals surface area contributed by atoms with Crippen molar-refractivity contribution in [2.75, 3.05) is 16.4 Å². The number of halogens is 2. The average Bonchev–Trinajstić information content (AvgIpc) is 3.37. The molecule has 4 N–H and O–H groups in total. The summed E-state index contributed by atoms with van der Waals surface area (Å²) in [6.45, 7) is 0. The summed E-state index contributed by atoms with van der Waals surface area (Å²) in [6.07, 6.45) is 0. The fourth-order valence-corrected chi connectivity index (χ4v) is 7.70. The Balaban J connectivity index is 0.000000172. The number of nitrogen functional groups attached to an aromatic ring is 1. The number of hydrogen-bond donors (Lipinski definition) is 3. The highest BCUT2D eigenvalue weighted by Gasteiger charge is 2.04. The van der Waals surface area contributed by atoms with Gasteiger partial charge in [-0.05, 0) is 141 Å². The number of benzene rings is 10. The summed E-state index contributed by atoms with van der Waals surface area (Å²) in [5.41, 5.74) is 22.9. The molecule has 0 amide bonds. The second kappa shape index (κ2) is 22.3. The van der Waals surface area contributed by atoms with E-state index in [1.165, 1.54) is 55.6 Å². The predicted molar refractivity (Wildman–Crippen MR) is 286 cm³/mol. The highest BCUT2D eigenvalue weighted by Crippen LogP contribution is 2.29. The molecule has 5 heteroatoms. The Bertz CT molecular complexity index is 2790. The molecule has 0 heterocycles. The van der Waals surface area contributed by atoms with Gasteiger partial charge in [0.25, 0.3) is 0 Å². The molecule has 0 aliphatic rings. The molecule has 0 fully saturated rings. The van der Waals surface area contributed by atoms with E-state index in [0.717, 1.165) is 37.4 Å². The normalized spacial score (nSPS) is 10.4. The van der Waals surface area contributed by atoms with Crippen LogP contribution in [-0.2, 0) is 0 Å². The van der Waals surface area contributed by atoms with Crippen LogP contribution in [0.25, 0.3) is 55.6 Å². The van der Waals surface area contributed by atoms with E-state index in [2.05, 4.69) is 249 Å². The van der Waals surface area contributed by atoms with Crippen molar-refractivity contribution in [1.82, 2.24) is 0 Å². The summed E-state index contributed by atoms with van der Waals surface area (Å²) in [4.78, 5) is 0. The maximum atomic E-state index is 5.60. The Kier molecular flexibility index (Phi) is 15.1. The quantitative estimate of drug-likeness (QED) is 0.126. The molecule has 316 valence electrons. The van der Waals surface area contributed by atoms with Crippen LogP contribution in [0, 0.1) is 0 Å². The lowest BCUT2D eigenvalue weighted by Gasteiger charge is -2.11. The zero-order chi connectivity index (χ0) is 44.6. The zero-order valence-electron chi connectivity index (χ0n) is 35.7. The van der Waals surface area contributed by atoms with Gasteiger partial charge in [0.1, 0.15) is 0 Å². The van der Waals surface area contributed by atoms with Crippen LogP contribution in [0.3, 0.4) is 0 Å². The minimum atomic E-state index is 0.805. The average molecular weight is 970 g/mol. The Morgan fingerprint density at radius 3 is 0.631 bits per heavy atom.